The van der Waals surface area contributed by atoms with Crippen molar-refractivity contribution < 1.29 is 9.53 Å². The van der Waals surface area contributed by atoms with E-state index >= 15 is 0 Å². The molecule has 1 aliphatic rings. The fourth-order valence-corrected chi connectivity index (χ4v) is 2.06. The van der Waals surface area contributed by atoms with Crippen LogP contribution in [-0.4, -0.2) is 45.9 Å². The Hall–Kier alpha value is -2.28. The zero-order valence-corrected chi connectivity index (χ0v) is 11.8. The molecule has 1 aromatic heterocycles. The van der Waals surface area contributed by atoms with Crippen molar-refractivity contribution in [3.8, 4) is 11.4 Å². The van der Waals surface area contributed by atoms with Gasteiger partial charge in [-0.15, -0.1) is 10.2 Å². The molecule has 0 spiro atoms. The van der Waals surface area contributed by atoms with Gasteiger partial charge < -0.3 is 10.1 Å². The topological polar surface area (TPSA) is 81.9 Å². The van der Waals surface area contributed by atoms with E-state index in [1.807, 2.05) is 30.3 Å². The molecule has 21 heavy (non-hydrogen) atoms. The summed E-state index contributed by atoms with van der Waals surface area (Å²) in [6.45, 7) is 4.13. The molecule has 0 unspecified atom stereocenters. The Morgan fingerprint density at radius 2 is 2.14 bits per heavy atom. The Morgan fingerprint density at radius 3 is 2.81 bits per heavy atom. The first kappa shape index (κ1) is 13.7. The number of carbonyl (C=O) groups is 1. The SMILES string of the molecule is CC1(CNC(=O)Cn2nnc(-c3ccccc3)n2)COC1. The first-order valence-corrected chi connectivity index (χ1v) is 6.82. The summed E-state index contributed by atoms with van der Waals surface area (Å²) in [5.74, 6) is 0.392. The van der Waals surface area contributed by atoms with Gasteiger partial charge in [0.15, 0.2) is 0 Å². The summed E-state index contributed by atoms with van der Waals surface area (Å²) < 4.78 is 5.15. The third-order valence-electron chi connectivity index (χ3n) is 3.38. The molecule has 1 fully saturated rings. The molecule has 0 radical (unpaired) electrons. The molecule has 7 heteroatoms. The van der Waals surface area contributed by atoms with Crippen molar-refractivity contribution in [1.82, 2.24) is 25.5 Å². The lowest BCUT2D eigenvalue weighted by Gasteiger charge is -2.37. The summed E-state index contributed by atoms with van der Waals surface area (Å²) in [6.07, 6.45) is 0. The third-order valence-corrected chi connectivity index (χ3v) is 3.38. The van der Waals surface area contributed by atoms with Crippen LogP contribution < -0.4 is 5.32 Å². The van der Waals surface area contributed by atoms with Gasteiger partial charge in [-0.3, -0.25) is 4.79 Å². The molecule has 0 atom stereocenters. The number of nitrogens with zero attached hydrogens (tertiary/aromatic N) is 4. The normalized spacial score (nSPS) is 16.2. The molecule has 1 N–H and O–H groups in total. The van der Waals surface area contributed by atoms with Crippen molar-refractivity contribution >= 4 is 5.91 Å². The van der Waals surface area contributed by atoms with Crippen molar-refractivity contribution in [1.29, 1.82) is 0 Å². The van der Waals surface area contributed by atoms with Crippen LogP contribution in [0.4, 0.5) is 0 Å². The molecule has 2 heterocycles. The summed E-state index contributed by atoms with van der Waals surface area (Å²) in [6, 6.07) is 9.54. The van der Waals surface area contributed by atoms with Crippen LogP contribution >= 0.6 is 0 Å². The highest BCUT2D eigenvalue weighted by Gasteiger charge is 2.33. The van der Waals surface area contributed by atoms with Crippen LogP contribution in [0.25, 0.3) is 11.4 Å². The molecule has 7 nitrogen and oxygen atoms in total. The number of rotatable bonds is 5. The number of benzene rings is 1. The van der Waals surface area contributed by atoms with E-state index in [1.165, 1.54) is 4.80 Å². The maximum atomic E-state index is 11.9. The molecular formula is C14H17N5O2. The fourth-order valence-electron chi connectivity index (χ4n) is 2.06. The van der Waals surface area contributed by atoms with E-state index in [-0.39, 0.29) is 17.9 Å². The minimum absolute atomic E-state index is 0.0562. The van der Waals surface area contributed by atoms with Crippen LogP contribution in [-0.2, 0) is 16.1 Å². The van der Waals surface area contributed by atoms with Gasteiger partial charge in [0.05, 0.1) is 13.2 Å². The molecule has 0 bridgehead atoms. The molecule has 0 saturated carbocycles. The van der Waals surface area contributed by atoms with E-state index in [0.717, 1.165) is 5.56 Å². The second kappa shape index (κ2) is 5.61. The summed E-state index contributed by atoms with van der Waals surface area (Å²) in [7, 11) is 0. The number of tetrazole rings is 1. The number of aromatic nitrogens is 4. The van der Waals surface area contributed by atoms with E-state index in [0.29, 0.717) is 25.6 Å². The fraction of sp³-hybridized carbons (Fsp3) is 0.429. The van der Waals surface area contributed by atoms with Gasteiger partial charge in [0, 0.05) is 17.5 Å². The van der Waals surface area contributed by atoms with E-state index < -0.39 is 0 Å². The molecule has 0 aliphatic carbocycles. The predicted molar refractivity (Wildman–Crippen MR) is 75.2 cm³/mol. The molecule has 110 valence electrons. The van der Waals surface area contributed by atoms with Crippen molar-refractivity contribution in [2.75, 3.05) is 19.8 Å². The van der Waals surface area contributed by atoms with E-state index in [2.05, 4.69) is 27.7 Å². The predicted octanol–water partition coefficient (Wildman–Crippen LogP) is 0.493. The van der Waals surface area contributed by atoms with Crippen LogP contribution in [0.5, 0.6) is 0 Å². The standard InChI is InChI=1S/C14H17N5O2/c1-14(9-21-10-14)8-15-12(20)7-19-17-13(16-18-19)11-5-3-2-4-6-11/h2-6H,7-10H2,1H3,(H,15,20). The quantitative estimate of drug-likeness (QED) is 0.865. The zero-order chi connectivity index (χ0) is 14.7. The van der Waals surface area contributed by atoms with Gasteiger partial charge in [0.2, 0.25) is 11.7 Å². The number of hydrogen-bond acceptors (Lipinski definition) is 5. The lowest BCUT2D eigenvalue weighted by molar-refractivity contribution is -0.127. The van der Waals surface area contributed by atoms with Crippen LogP contribution in [0.1, 0.15) is 6.92 Å². The van der Waals surface area contributed by atoms with Crippen LogP contribution in [0, 0.1) is 5.41 Å². The van der Waals surface area contributed by atoms with Crippen molar-refractivity contribution in [3.63, 3.8) is 0 Å². The van der Waals surface area contributed by atoms with Gasteiger partial charge in [-0.25, -0.2) is 0 Å². The van der Waals surface area contributed by atoms with Gasteiger partial charge >= 0.3 is 0 Å². The van der Waals surface area contributed by atoms with E-state index in [4.69, 9.17) is 4.74 Å². The molecule has 1 aliphatic heterocycles. The molecule has 3 rings (SSSR count). The minimum Gasteiger partial charge on any atom is -0.380 e. The average Bonchev–Trinajstić information content (AvgIpc) is 2.92. The summed E-state index contributed by atoms with van der Waals surface area (Å²) in [4.78, 5) is 13.2. The Balaban J connectivity index is 1.56. The molecule has 1 amide bonds. The monoisotopic (exact) mass is 287 g/mol. The third kappa shape index (κ3) is 3.25. The number of hydrogen-bond donors (Lipinski definition) is 1. The number of ether oxygens (including phenoxy) is 1. The zero-order valence-electron chi connectivity index (χ0n) is 11.8. The van der Waals surface area contributed by atoms with Gasteiger partial charge in [-0.1, -0.05) is 37.3 Å². The number of carbonyl (C=O) groups excluding carboxylic acids is 1. The second-order valence-corrected chi connectivity index (χ2v) is 5.59. The Morgan fingerprint density at radius 1 is 1.38 bits per heavy atom. The lowest BCUT2D eigenvalue weighted by atomic mass is 9.89. The van der Waals surface area contributed by atoms with Gasteiger partial charge in [0.1, 0.15) is 6.54 Å². The Kier molecular flexibility index (Phi) is 3.66. The highest BCUT2D eigenvalue weighted by Crippen LogP contribution is 2.24. The van der Waals surface area contributed by atoms with Crippen molar-refractivity contribution in [2.24, 2.45) is 5.41 Å². The molecule has 2 aromatic rings. The minimum atomic E-state index is -0.125. The number of nitrogens with one attached hydrogen (secondary N) is 1. The average molecular weight is 287 g/mol. The highest BCUT2D eigenvalue weighted by molar-refractivity contribution is 5.75. The summed E-state index contributed by atoms with van der Waals surface area (Å²) >= 11 is 0. The second-order valence-electron chi connectivity index (χ2n) is 5.59. The smallest absolute Gasteiger partial charge is 0.243 e. The molecule has 1 saturated heterocycles. The summed E-state index contributed by atoms with van der Waals surface area (Å²) in [5, 5.41) is 14.9. The maximum absolute atomic E-state index is 11.9. The van der Waals surface area contributed by atoms with Gasteiger partial charge in [-0.2, -0.15) is 4.80 Å². The van der Waals surface area contributed by atoms with E-state index in [9.17, 15) is 4.79 Å². The van der Waals surface area contributed by atoms with Gasteiger partial charge in [0.25, 0.3) is 0 Å². The summed E-state index contributed by atoms with van der Waals surface area (Å²) in [5.41, 5.74) is 0.934. The van der Waals surface area contributed by atoms with E-state index in [1.54, 1.807) is 0 Å². The number of amides is 1. The van der Waals surface area contributed by atoms with Crippen molar-refractivity contribution in [2.45, 2.75) is 13.5 Å². The van der Waals surface area contributed by atoms with Crippen LogP contribution in [0.15, 0.2) is 30.3 Å². The molecular weight excluding hydrogens is 270 g/mol. The maximum Gasteiger partial charge on any atom is 0.243 e. The molecule has 1 aromatic carbocycles. The first-order valence-electron chi connectivity index (χ1n) is 6.82. The first-order chi connectivity index (χ1) is 10.1. The van der Waals surface area contributed by atoms with Crippen LogP contribution in [0.3, 0.4) is 0 Å². The van der Waals surface area contributed by atoms with Crippen LogP contribution in [0.2, 0.25) is 0 Å². The lowest BCUT2D eigenvalue weighted by Crippen LogP contribution is -2.49. The Bertz CT molecular complexity index is 621. The highest BCUT2D eigenvalue weighted by atomic mass is 16.5. The largest absolute Gasteiger partial charge is 0.380 e. The van der Waals surface area contributed by atoms with Crippen molar-refractivity contribution in [3.05, 3.63) is 30.3 Å². The Labute approximate surface area is 122 Å². The van der Waals surface area contributed by atoms with Gasteiger partial charge in [-0.05, 0) is 5.21 Å².